The summed E-state index contributed by atoms with van der Waals surface area (Å²) in [6.07, 6.45) is 7.98. The predicted octanol–water partition coefficient (Wildman–Crippen LogP) is 0.589. The van der Waals surface area contributed by atoms with Crippen molar-refractivity contribution in [2.75, 3.05) is 0 Å². The van der Waals surface area contributed by atoms with Gasteiger partial charge in [0.15, 0.2) is 0 Å². The molecule has 0 heterocycles. The minimum Gasteiger partial charge on any atom is -0.481 e. The molecule has 2 radical (unpaired) electrons. The summed E-state index contributed by atoms with van der Waals surface area (Å²) in [6.45, 7) is 0. The van der Waals surface area contributed by atoms with Crippen molar-refractivity contribution in [1.29, 1.82) is 0 Å². The fourth-order valence-corrected chi connectivity index (χ4v) is 2.69. The van der Waals surface area contributed by atoms with Gasteiger partial charge in [-0.3, -0.25) is 4.79 Å². The van der Waals surface area contributed by atoms with E-state index in [-0.39, 0.29) is 18.3 Å². The van der Waals surface area contributed by atoms with E-state index in [1.165, 1.54) is 6.08 Å². The SMILES string of the molecule is [B]C(O)/C=C/[C@@H]1[C@@H](CC=CCCCC(=O)O)[C@@H](O)C[C@H]1O. The lowest BCUT2D eigenvalue weighted by Crippen LogP contribution is -2.20. The summed E-state index contributed by atoms with van der Waals surface area (Å²) in [5.74, 6) is -1.16. The molecule has 0 aromatic carbocycles. The van der Waals surface area contributed by atoms with Gasteiger partial charge in [0, 0.05) is 24.8 Å². The highest BCUT2D eigenvalue weighted by atomic mass is 16.4. The zero-order valence-electron chi connectivity index (χ0n) is 12.0. The van der Waals surface area contributed by atoms with Crippen molar-refractivity contribution in [2.45, 2.75) is 50.3 Å². The average Bonchev–Trinajstić information content (AvgIpc) is 2.65. The smallest absolute Gasteiger partial charge is 0.303 e. The molecule has 0 spiro atoms. The van der Waals surface area contributed by atoms with Gasteiger partial charge >= 0.3 is 5.97 Å². The second-order valence-corrected chi connectivity index (χ2v) is 5.48. The molecule has 116 valence electrons. The van der Waals surface area contributed by atoms with Crippen LogP contribution in [0, 0.1) is 11.8 Å². The molecular formula is C15H23BO5. The van der Waals surface area contributed by atoms with Gasteiger partial charge < -0.3 is 20.4 Å². The van der Waals surface area contributed by atoms with E-state index >= 15 is 0 Å². The Labute approximate surface area is 126 Å². The molecule has 1 aliphatic rings. The number of unbranched alkanes of at least 4 members (excludes halogenated alkanes) is 1. The van der Waals surface area contributed by atoms with E-state index in [1.54, 1.807) is 6.08 Å². The Hall–Kier alpha value is -1.11. The first-order valence-electron chi connectivity index (χ1n) is 7.26. The first kappa shape index (κ1) is 17.9. The molecule has 1 rings (SSSR count). The third-order valence-electron chi connectivity index (χ3n) is 3.78. The van der Waals surface area contributed by atoms with Gasteiger partial charge in [0.1, 0.15) is 7.85 Å². The Balaban J connectivity index is 2.46. The summed E-state index contributed by atoms with van der Waals surface area (Å²) in [7, 11) is 5.24. The summed E-state index contributed by atoms with van der Waals surface area (Å²) < 4.78 is 0. The molecule has 0 amide bonds. The van der Waals surface area contributed by atoms with Crippen molar-refractivity contribution < 1.29 is 25.2 Å². The van der Waals surface area contributed by atoms with E-state index in [4.69, 9.17) is 18.1 Å². The lowest BCUT2D eigenvalue weighted by molar-refractivity contribution is -0.137. The molecule has 1 saturated carbocycles. The molecule has 4 N–H and O–H groups in total. The Kier molecular flexibility index (Phi) is 7.71. The largest absolute Gasteiger partial charge is 0.481 e. The molecule has 21 heavy (non-hydrogen) atoms. The van der Waals surface area contributed by atoms with Gasteiger partial charge in [-0.2, -0.15) is 0 Å². The third-order valence-corrected chi connectivity index (χ3v) is 3.78. The number of carboxylic acid groups (broad SMARTS) is 1. The van der Waals surface area contributed by atoms with E-state index < -0.39 is 24.2 Å². The third kappa shape index (κ3) is 6.46. The van der Waals surface area contributed by atoms with Crippen LogP contribution < -0.4 is 0 Å². The van der Waals surface area contributed by atoms with Crippen molar-refractivity contribution in [3.05, 3.63) is 24.3 Å². The highest BCUT2D eigenvalue weighted by Crippen LogP contribution is 2.36. The van der Waals surface area contributed by atoms with Crippen molar-refractivity contribution in [3.63, 3.8) is 0 Å². The average molecular weight is 294 g/mol. The zero-order valence-corrected chi connectivity index (χ0v) is 12.0. The number of hydrogen-bond donors (Lipinski definition) is 4. The predicted molar refractivity (Wildman–Crippen MR) is 79.8 cm³/mol. The number of aliphatic hydroxyl groups is 3. The second-order valence-electron chi connectivity index (χ2n) is 5.48. The fraction of sp³-hybridized carbons (Fsp3) is 0.667. The number of carboxylic acids is 1. The normalized spacial score (nSPS) is 31.2. The number of aliphatic carboxylic acids is 1. The van der Waals surface area contributed by atoms with Crippen molar-refractivity contribution in [3.8, 4) is 0 Å². The highest BCUT2D eigenvalue weighted by molar-refractivity contribution is 6.12. The van der Waals surface area contributed by atoms with Gasteiger partial charge in [0.2, 0.25) is 0 Å². The first-order valence-corrected chi connectivity index (χ1v) is 7.26. The molecule has 0 aliphatic heterocycles. The monoisotopic (exact) mass is 294 g/mol. The first-order chi connectivity index (χ1) is 9.91. The Morgan fingerprint density at radius 1 is 1.29 bits per heavy atom. The maximum Gasteiger partial charge on any atom is 0.303 e. The van der Waals surface area contributed by atoms with Gasteiger partial charge in [-0.25, -0.2) is 0 Å². The molecule has 0 aromatic heterocycles. The molecular weight excluding hydrogens is 271 g/mol. The molecule has 1 fully saturated rings. The van der Waals surface area contributed by atoms with Crippen LogP contribution in [0.2, 0.25) is 0 Å². The van der Waals surface area contributed by atoms with Crippen LogP contribution >= 0.6 is 0 Å². The van der Waals surface area contributed by atoms with E-state index in [0.717, 1.165) is 0 Å². The zero-order chi connectivity index (χ0) is 15.8. The molecule has 1 unspecified atom stereocenters. The van der Waals surface area contributed by atoms with Crippen LogP contribution in [0.3, 0.4) is 0 Å². The molecule has 1 aliphatic carbocycles. The van der Waals surface area contributed by atoms with E-state index in [2.05, 4.69) is 0 Å². The van der Waals surface area contributed by atoms with Crippen LogP contribution in [0.15, 0.2) is 24.3 Å². The fourth-order valence-electron chi connectivity index (χ4n) is 2.69. The van der Waals surface area contributed by atoms with Gasteiger partial charge in [0.25, 0.3) is 0 Å². The number of allylic oxidation sites excluding steroid dienone is 2. The minimum atomic E-state index is -1.07. The lowest BCUT2D eigenvalue weighted by Gasteiger charge is -2.19. The number of rotatable bonds is 8. The molecule has 0 saturated heterocycles. The maximum absolute atomic E-state index is 10.4. The van der Waals surface area contributed by atoms with Crippen LogP contribution in [-0.4, -0.2) is 52.5 Å². The Morgan fingerprint density at radius 3 is 2.62 bits per heavy atom. The Morgan fingerprint density at radius 2 is 2.00 bits per heavy atom. The summed E-state index contributed by atoms with van der Waals surface area (Å²) in [5.41, 5.74) is 0. The van der Waals surface area contributed by atoms with Crippen LogP contribution in [0.4, 0.5) is 0 Å². The molecule has 0 bridgehead atoms. The number of aliphatic hydroxyl groups excluding tert-OH is 3. The minimum absolute atomic E-state index is 0.120. The van der Waals surface area contributed by atoms with E-state index in [1.807, 2.05) is 12.2 Å². The molecule has 5 nitrogen and oxygen atoms in total. The summed E-state index contributed by atoms with van der Waals surface area (Å²) in [4.78, 5) is 10.4. The van der Waals surface area contributed by atoms with Crippen LogP contribution in [0.5, 0.6) is 0 Å². The lowest BCUT2D eigenvalue weighted by atomic mass is 9.88. The number of carbonyl (C=O) groups is 1. The maximum atomic E-state index is 10.4. The van der Waals surface area contributed by atoms with Gasteiger partial charge in [-0.1, -0.05) is 24.3 Å². The topological polar surface area (TPSA) is 98.0 Å². The van der Waals surface area contributed by atoms with Gasteiger partial charge in [0.05, 0.1) is 12.2 Å². The van der Waals surface area contributed by atoms with Crippen molar-refractivity contribution in [2.24, 2.45) is 11.8 Å². The summed E-state index contributed by atoms with van der Waals surface area (Å²) in [5, 5.41) is 37.5. The van der Waals surface area contributed by atoms with Crippen LogP contribution in [-0.2, 0) is 4.79 Å². The van der Waals surface area contributed by atoms with E-state index in [0.29, 0.717) is 25.7 Å². The summed E-state index contributed by atoms with van der Waals surface area (Å²) >= 11 is 0. The highest BCUT2D eigenvalue weighted by Gasteiger charge is 2.39. The number of hydrogen-bond acceptors (Lipinski definition) is 4. The second kappa shape index (κ2) is 9.02. The van der Waals surface area contributed by atoms with Crippen LogP contribution in [0.25, 0.3) is 0 Å². The summed E-state index contributed by atoms with van der Waals surface area (Å²) in [6, 6.07) is -1.07. The molecule has 0 aromatic rings. The molecule has 5 atom stereocenters. The Bertz CT molecular complexity index is 380. The van der Waals surface area contributed by atoms with Gasteiger partial charge in [-0.15, -0.1) is 0 Å². The van der Waals surface area contributed by atoms with E-state index in [9.17, 15) is 15.0 Å². The standard InChI is InChI=1S/C15H23BO5/c16-14(19)8-7-11-10(12(17)9-13(11)18)5-3-1-2-4-6-15(20)21/h1,3,7-8,10-14,17-19H,2,4-6,9H2,(H,20,21)/b3-1?,8-7+/t10-,11-,12+,13-,14?/m1/s1. The van der Waals surface area contributed by atoms with Crippen molar-refractivity contribution >= 4 is 13.8 Å². The van der Waals surface area contributed by atoms with Gasteiger partial charge in [-0.05, 0) is 25.2 Å². The quantitative estimate of drug-likeness (QED) is 0.298. The molecule has 6 heteroatoms. The van der Waals surface area contributed by atoms with Crippen LogP contribution in [0.1, 0.15) is 32.1 Å². The van der Waals surface area contributed by atoms with Crippen molar-refractivity contribution in [1.82, 2.24) is 0 Å².